The largest absolute Gasteiger partial charge is 0.398 e. The second-order valence-electron chi connectivity index (χ2n) is 5.30. The highest BCUT2D eigenvalue weighted by atomic mass is 14.6. The van der Waals surface area contributed by atoms with Gasteiger partial charge in [0.25, 0.3) is 0 Å². The van der Waals surface area contributed by atoms with Crippen LogP contribution in [0.5, 0.6) is 0 Å². The van der Waals surface area contributed by atoms with Gasteiger partial charge in [-0.15, -0.1) is 0 Å². The van der Waals surface area contributed by atoms with Crippen LogP contribution in [0, 0.1) is 0 Å². The quantitative estimate of drug-likeness (QED) is 0.499. The first-order valence-corrected chi connectivity index (χ1v) is 6.89. The zero-order valence-electron chi connectivity index (χ0n) is 11.1. The maximum Gasteiger partial charge on any atom is 0.0396 e. The third-order valence-electron chi connectivity index (χ3n) is 4.05. The molecule has 1 aliphatic rings. The van der Waals surface area contributed by atoms with Gasteiger partial charge in [0.1, 0.15) is 0 Å². The molecular weight excluding hydrogens is 242 g/mol. The Balaban J connectivity index is 1.86. The van der Waals surface area contributed by atoms with Gasteiger partial charge in [-0.3, -0.25) is 0 Å². The van der Waals surface area contributed by atoms with Crippen molar-refractivity contribution in [2.24, 2.45) is 0 Å². The van der Waals surface area contributed by atoms with Crippen LogP contribution in [0.2, 0.25) is 0 Å². The van der Waals surface area contributed by atoms with Gasteiger partial charge in [0.15, 0.2) is 0 Å². The summed E-state index contributed by atoms with van der Waals surface area (Å²) in [5.41, 5.74) is 14.8. The molecule has 0 spiro atoms. The highest BCUT2D eigenvalue weighted by Crippen LogP contribution is 2.41. The molecule has 0 heterocycles. The normalized spacial score (nSPS) is 12.0. The lowest BCUT2D eigenvalue weighted by atomic mass is 9.99. The molecule has 3 aromatic carbocycles. The van der Waals surface area contributed by atoms with Gasteiger partial charge >= 0.3 is 0 Å². The zero-order valence-corrected chi connectivity index (χ0v) is 11.1. The number of nitrogen functional groups attached to an aromatic ring is 1. The van der Waals surface area contributed by atoms with E-state index in [1.807, 2.05) is 18.2 Å². The average molecular weight is 257 g/mol. The fourth-order valence-electron chi connectivity index (χ4n) is 3.10. The predicted molar refractivity (Wildman–Crippen MR) is 84.5 cm³/mol. The minimum Gasteiger partial charge on any atom is -0.398 e. The molecule has 0 fully saturated rings. The minimum atomic E-state index is 0.883. The molecule has 3 aromatic rings. The topological polar surface area (TPSA) is 26.0 Å². The number of rotatable bonds is 1. The highest BCUT2D eigenvalue weighted by molar-refractivity contribution is 5.87. The lowest BCUT2D eigenvalue weighted by Crippen LogP contribution is -1.89. The van der Waals surface area contributed by atoms with Gasteiger partial charge in [0.2, 0.25) is 0 Å². The van der Waals surface area contributed by atoms with Crippen LogP contribution in [0.4, 0.5) is 5.69 Å². The number of anilines is 1. The Labute approximate surface area is 118 Å². The number of fused-ring (bicyclic) bond motifs is 3. The maximum absolute atomic E-state index is 6.14. The fraction of sp³-hybridized carbons (Fsp3) is 0.0526. The summed E-state index contributed by atoms with van der Waals surface area (Å²) < 4.78 is 0. The van der Waals surface area contributed by atoms with E-state index in [4.69, 9.17) is 5.73 Å². The Kier molecular flexibility index (Phi) is 2.40. The first kappa shape index (κ1) is 11.3. The van der Waals surface area contributed by atoms with E-state index in [0.717, 1.165) is 12.1 Å². The molecule has 1 aliphatic carbocycles. The molecule has 1 nitrogen and oxygen atoms in total. The second-order valence-corrected chi connectivity index (χ2v) is 5.30. The van der Waals surface area contributed by atoms with Crippen LogP contribution < -0.4 is 5.73 Å². The van der Waals surface area contributed by atoms with Crippen molar-refractivity contribution in [3.8, 4) is 22.3 Å². The van der Waals surface area contributed by atoms with Gasteiger partial charge in [0, 0.05) is 11.3 Å². The lowest BCUT2D eigenvalue weighted by Gasteiger charge is -2.07. The number of hydrogen-bond acceptors (Lipinski definition) is 1. The van der Waals surface area contributed by atoms with Crippen LogP contribution in [0.15, 0.2) is 66.7 Å². The van der Waals surface area contributed by atoms with Gasteiger partial charge in [0.05, 0.1) is 0 Å². The minimum absolute atomic E-state index is 0.883. The first-order chi connectivity index (χ1) is 9.83. The molecule has 0 unspecified atom stereocenters. The van der Waals surface area contributed by atoms with Crippen molar-refractivity contribution in [3.05, 3.63) is 77.9 Å². The van der Waals surface area contributed by atoms with Crippen molar-refractivity contribution in [1.29, 1.82) is 0 Å². The Hall–Kier alpha value is -2.54. The molecule has 0 aromatic heterocycles. The molecule has 0 aliphatic heterocycles. The van der Waals surface area contributed by atoms with Crippen LogP contribution in [-0.4, -0.2) is 0 Å². The maximum atomic E-state index is 6.14. The molecule has 0 saturated carbocycles. The molecule has 0 atom stereocenters. The smallest absolute Gasteiger partial charge is 0.0396 e. The monoisotopic (exact) mass is 257 g/mol. The fourth-order valence-corrected chi connectivity index (χ4v) is 3.10. The van der Waals surface area contributed by atoms with E-state index in [2.05, 4.69) is 48.5 Å². The van der Waals surface area contributed by atoms with Crippen molar-refractivity contribution < 1.29 is 0 Å². The summed E-state index contributed by atoms with van der Waals surface area (Å²) in [4.78, 5) is 0. The van der Waals surface area contributed by atoms with Crippen molar-refractivity contribution in [1.82, 2.24) is 0 Å². The van der Waals surface area contributed by atoms with Crippen LogP contribution in [-0.2, 0) is 6.42 Å². The summed E-state index contributed by atoms with van der Waals surface area (Å²) in [6.45, 7) is 0. The highest BCUT2D eigenvalue weighted by Gasteiger charge is 2.20. The van der Waals surface area contributed by atoms with Crippen molar-refractivity contribution in [2.45, 2.75) is 6.42 Å². The predicted octanol–water partition coefficient (Wildman–Crippen LogP) is 4.51. The SMILES string of the molecule is Nc1cccc2c1-c1ccc(-c3ccccc3)cc1C2. The first-order valence-electron chi connectivity index (χ1n) is 6.89. The molecule has 4 rings (SSSR count). The Morgan fingerprint density at radius 1 is 0.700 bits per heavy atom. The second kappa shape index (κ2) is 4.24. The summed E-state index contributed by atoms with van der Waals surface area (Å²) >= 11 is 0. The van der Waals surface area contributed by atoms with Gasteiger partial charge < -0.3 is 5.73 Å². The number of nitrogens with two attached hydrogens (primary N) is 1. The summed E-state index contributed by atoms with van der Waals surface area (Å²) in [7, 11) is 0. The molecule has 0 bridgehead atoms. The number of benzene rings is 3. The summed E-state index contributed by atoms with van der Waals surface area (Å²) in [6, 6.07) is 23.4. The molecule has 0 amide bonds. The molecule has 0 saturated heterocycles. The molecule has 96 valence electrons. The summed E-state index contributed by atoms with van der Waals surface area (Å²) in [5.74, 6) is 0. The molecule has 2 N–H and O–H groups in total. The van der Waals surface area contributed by atoms with Crippen LogP contribution >= 0.6 is 0 Å². The third kappa shape index (κ3) is 1.64. The van der Waals surface area contributed by atoms with Gasteiger partial charge in [-0.05, 0) is 40.3 Å². The average Bonchev–Trinajstić information content (AvgIpc) is 2.87. The molecule has 20 heavy (non-hydrogen) atoms. The van der Waals surface area contributed by atoms with Crippen molar-refractivity contribution in [3.63, 3.8) is 0 Å². The van der Waals surface area contributed by atoms with Crippen LogP contribution in [0.25, 0.3) is 22.3 Å². The van der Waals surface area contributed by atoms with E-state index in [1.54, 1.807) is 0 Å². The van der Waals surface area contributed by atoms with E-state index in [9.17, 15) is 0 Å². The molecule has 1 heteroatoms. The summed E-state index contributed by atoms with van der Waals surface area (Å²) in [5, 5.41) is 0. The van der Waals surface area contributed by atoms with E-state index in [1.165, 1.54) is 33.4 Å². The van der Waals surface area contributed by atoms with Crippen molar-refractivity contribution >= 4 is 5.69 Å². The third-order valence-corrected chi connectivity index (χ3v) is 4.05. The Bertz CT molecular complexity index is 788. The standard InChI is InChI=1S/C19H15N/c20-18-8-4-7-15-12-16-11-14(9-10-17(16)19(15)18)13-5-2-1-3-6-13/h1-11H,12,20H2. The Morgan fingerprint density at radius 2 is 1.55 bits per heavy atom. The zero-order chi connectivity index (χ0) is 13.5. The van der Waals surface area contributed by atoms with Gasteiger partial charge in [-0.25, -0.2) is 0 Å². The van der Waals surface area contributed by atoms with Crippen LogP contribution in [0.1, 0.15) is 11.1 Å². The number of hydrogen-bond donors (Lipinski definition) is 1. The molecule has 0 radical (unpaired) electrons. The van der Waals surface area contributed by atoms with E-state index in [-0.39, 0.29) is 0 Å². The van der Waals surface area contributed by atoms with Gasteiger partial charge in [-0.1, -0.05) is 60.7 Å². The lowest BCUT2D eigenvalue weighted by molar-refractivity contribution is 1.26. The van der Waals surface area contributed by atoms with Crippen molar-refractivity contribution in [2.75, 3.05) is 5.73 Å². The van der Waals surface area contributed by atoms with Crippen LogP contribution in [0.3, 0.4) is 0 Å². The Morgan fingerprint density at radius 3 is 2.40 bits per heavy atom. The van der Waals surface area contributed by atoms with E-state index in [0.29, 0.717) is 0 Å². The molecular formula is C19H15N. The summed E-state index contributed by atoms with van der Waals surface area (Å²) in [6.07, 6.45) is 0.983. The van der Waals surface area contributed by atoms with E-state index >= 15 is 0 Å². The van der Waals surface area contributed by atoms with E-state index < -0.39 is 0 Å². The van der Waals surface area contributed by atoms with Gasteiger partial charge in [-0.2, -0.15) is 0 Å².